The second-order valence-electron chi connectivity index (χ2n) is 7.03. The van der Waals surface area contributed by atoms with Crippen molar-refractivity contribution in [3.8, 4) is 0 Å². The standard InChI is InChI=1S/C18H25NO3/c1-18(2)14-8-9-19(18)11-15(10-14)22-17(21)16(12-20)13-6-4-3-5-7-13/h3-7,14-16,20H,8-12H2,1-2H3. The Morgan fingerprint density at radius 1 is 1.41 bits per heavy atom. The van der Waals surface area contributed by atoms with Crippen molar-refractivity contribution in [2.45, 2.75) is 44.2 Å². The molecular weight excluding hydrogens is 278 g/mol. The predicted molar refractivity (Wildman–Crippen MR) is 84.5 cm³/mol. The van der Waals surface area contributed by atoms with Gasteiger partial charge in [-0.05, 0) is 44.7 Å². The van der Waals surface area contributed by atoms with E-state index in [0.717, 1.165) is 25.1 Å². The molecule has 2 heterocycles. The third-order valence-electron chi connectivity index (χ3n) is 5.48. The fourth-order valence-corrected chi connectivity index (χ4v) is 3.91. The number of hydrogen-bond acceptors (Lipinski definition) is 4. The zero-order chi connectivity index (χ0) is 15.7. The topological polar surface area (TPSA) is 49.8 Å². The van der Waals surface area contributed by atoms with Crippen LogP contribution in [-0.2, 0) is 9.53 Å². The van der Waals surface area contributed by atoms with Crippen molar-refractivity contribution in [3.63, 3.8) is 0 Å². The molecule has 2 aliphatic heterocycles. The van der Waals surface area contributed by atoms with E-state index in [4.69, 9.17) is 4.74 Å². The number of piperidine rings is 1. The van der Waals surface area contributed by atoms with Crippen molar-refractivity contribution in [2.24, 2.45) is 5.92 Å². The summed E-state index contributed by atoms with van der Waals surface area (Å²) in [5, 5.41) is 9.57. The van der Waals surface area contributed by atoms with Gasteiger partial charge in [-0.2, -0.15) is 0 Å². The predicted octanol–water partition coefficient (Wildman–Crippen LogP) is 2.18. The Hall–Kier alpha value is -1.39. The lowest BCUT2D eigenvalue weighted by atomic mass is 9.81. The molecule has 1 N–H and O–H groups in total. The second kappa shape index (κ2) is 6.01. The quantitative estimate of drug-likeness (QED) is 0.866. The van der Waals surface area contributed by atoms with Crippen LogP contribution in [0.2, 0.25) is 0 Å². The van der Waals surface area contributed by atoms with Crippen LogP contribution in [0.5, 0.6) is 0 Å². The molecule has 0 spiro atoms. The Labute approximate surface area is 132 Å². The molecule has 0 saturated carbocycles. The molecule has 4 unspecified atom stereocenters. The van der Waals surface area contributed by atoms with Gasteiger partial charge in [0, 0.05) is 12.1 Å². The van der Waals surface area contributed by atoms with Gasteiger partial charge < -0.3 is 9.84 Å². The molecule has 120 valence electrons. The summed E-state index contributed by atoms with van der Waals surface area (Å²) in [6, 6.07) is 9.37. The van der Waals surface area contributed by atoms with Crippen molar-refractivity contribution in [1.82, 2.24) is 4.90 Å². The van der Waals surface area contributed by atoms with Gasteiger partial charge in [0.15, 0.2) is 0 Å². The van der Waals surface area contributed by atoms with E-state index in [2.05, 4.69) is 18.7 Å². The van der Waals surface area contributed by atoms with Gasteiger partial charge in [0.1, 0.15) is 12.0 Å². The molecular formula is C18H25NO3. The molecule has 2 fully saturated rings. The Morgan fingerprint density at radius 3 is 2.77 bits per heavy atom. The first-order valence-electron chi connectivity index (χ1n) is 8.13. The SMILES string of the molecule is CC1(C)C2CCN1CC(OC(=O)C(CO)c1ccccc1)C2. The maximum absolute atomic E-state index is 12.4. The fourth-order valence-electron chi connectivity index (χ4n) is 3.91. The molecule has 2 saturated heterocycles. The molecule has 22 heavy (non-hydrogen) atoms. The molecule has 2 aliphatic rings. The highest BCUT2D eigenvalue weighted by Gasteiger charge is 2.47. The summed E-state index contributed by atoms with van der Waals surface area (Å²) in [4.78, 5) is 14.9. The number of nitrogens with zero attached hydrogens (tertiary/aromatic N) is 1. The molecule has 0 aliphatic carbocycles. The van der Waals surface area contributed by atoms with Crippen molar-refractivity contribution in [3.05, 3.63) is 35.9 Å². The van der Waals surface area contributed by atoms with E-state index in [0.29, 0.717) is 5.92 Å². The average molecular weight is 303 g/mol. The van der Waals surface area contributed by atoms with Gasteiger partial charge >= 0.3 is 5.97 Å². The maximum Gasteiger partial charge on any atom is 0.316 e. The van der Waals surface area contributed by atoms with Crippen LogP contribution in [0.3, 0.4) is 0 Å². The van der Waals surface area contributed by atoms with Crippen LogP contribution in [0.25, 0.3) is 0 Å². The molecule has 4 heteroatoms. The summed E-state index contributed by atoms with van der Waals surface area (Å²) in [5.41, 5.74) is 1.04. The van der Waals surface area contributed by atoms with E-state index < -0.39 is 5.92 Å². The van der Waals surface area contributed by atoms with Crippen LogP contribution in [0, 0.1) is 5.92 Å². The average Bonchev–Trinajstić information content (AvgIpc) is 2.68. The lowest BCUT2D eigenvalue weighted by molar-refractivity contribution is -0.157. The fraction of sp³-hybridized carbons (Fsp3) is 0.611. The zero-order valence-corrected chi connectivity index (χ0v) is 13.4. The van der Waals surface area contributed by atoms with Gasteiger partial charge in [0.05, 0.1) is 6.61 Å². The molecule has 0 amide bonds. The normalized spacial score (nSPS) is 30.8. The smallest absolute Gasteiger partial charge is 0.316 e. The first kappa shape index (κ1) is 15.5. The summed E-state index contributed by atoms with van der Waals surface area (Å²) in [5.74, 6) is -0.300. The van der Waals surface area contributed by atoms with Crippen molar-refractivity contribution in [1.29, 1.82) is 0 Å². The van der Waals surface area contributed by atoms with E-state index >= 15 is 0 Å². The van der Waals surface area contributed by atoms with E-state index in [1.165, 1.54) is 6.42 Å². The molecule has 3 rings (SSSR count). The van der Waals surface area contributed by atoms with Gasteiger partial charge in [0.2, 0.25) is 0 Å². The van der Waals surface area contributed by atoms with Crippen LogP contribution in [0.15, 0.2) is 30.3 Å². The van der Waals surface area contributed by atoms with Crippen LogP contribution >= 0.6 is 0 Å². The largest absolute Gasteiger partial charge is 0.460 e. The number of esters is 1. The molecule has 4 nitrogen and oxygen atoms in total. The highest BCUT2D eigenvalue weighted by molar-refractivity contribution is 5.78. The number of aliphatic hydroxyl groups is 1. The molecule has 0 radical (unpaired) electrons. The number of hydrogen-bond donors (Lipinski definition) is 1. The Bertz CT molecular complexity index is 512. The first-order chi connectivity index (χ1) is 10.5. The molecule has 4 atom stereocenters. The number of carbonyl (C=O) groups is 1. The molecule has 1 aromatic rings. The number of fused-ring (bicyclic) bond motifs is 2. The molecule has 0 aromatic heterocycles. The summed E-state index contributed by atoms with van der Waals surface area (Å²) in [6.45, 7) is 6.25. The monoisotopic (exact) mass is 303 g/mol. The highest BCUT2D eigenvalue weighted by Crippen LogP contribution is 2.42. The third-order valence-corrected chi connectivity index (χ3v) is 5.48. The molecule has 1 aromatic carbocycles. The van der Waals surface area contributed by atoms with E-state index in [1.54, 1.807) is 0 Å². The molecule has 2 bridgehead atoms. The lowest BCUT2D eigenvalue weighted by Crippen LogP contribution is -2.52. The van der Waals surface area contributed by atoms with Gasteiger partial charge in [-0.1, -0.05) is 30.3 Å². The number of rotatable bonds is 4. The Kier molecular flexibility index (Phi) is 4.24. The Morgan fingerprint density at radius 2 is 2.14 bits per heavy atom. The zero-order valence-electron chi connectivity index (χ0n) is 13.4. The minimum atomic E-state index is -0.580. The first-order valence-corrected chi connectivity index (χ1v) is 8.13. The number of benzene rings is 1. The Balaban J connectivity index is 1.65. The lowest BCUT2D eigenvalue weighted by Gasteiger charge is -2.43. The van der Waals surface area contributed by atoms with Crippen molar-refractivity contribution >= 4 is 5.97 Å². The second-order valence-corrected chi connectivity index (χ2v) is 7.03. The van der Waals surface area contributed by atoms with Crippen LogP contribution in [0.4, 0.5) is 0 Å². The number of ether oxygens (including phenoxy) is 1. The minimum Gasteiger partial charge on any atom is -0.460 e. The van der Waals surface area contributed by atoms with Crippen molar-refractivity contribution < 1.29 is 14.6 Å². The van der Waals surface area contributed by atoms with E-state index in [1.807, 2.05) is 30.3 Å². The van der Waals surface area contributed by atoms with Crippen LogP contribution < -0.4 is 0 Å². The van der Waals surface area contributed by atoms with Gasteiger partial charge in [-0.15, -0.1) is 0 Å². The maximum atomic E-state index is 12.4. The van der Waals surface area contributed by atoms with Crippen molar-refractivity contribution in [2.75, 3.05) is 19.7 Å². The minimum absolute atomic E-state index is 0.0502. The van der Waals surface area contributed by atoms with Gasteiger partial charge in [-0.3, -0.25) is 9.69 Å². The summed E-state index contributed by atoms with van der Waals surface area (Å²) in [7, 11) is 0. The highest BCUT2D eigenvalue weighted by atomic mass is 16.5. The van der Waals surface area contributed by atoms with Gasteiger partial charge in [0.25, 0.3) is 0 Å². The summed E-state index contributed by atoms with van der Waals surface area (Å²) < 4.78 is 5.73. The van der Waals surface area contributed by atoms with Crippen LogP contribution in [-0.4, -0.2) is 47.3 Å². The number of aliphatic hydroxyl groups excluding tert-OH is 1. The van der Waals surface area contributed by atoms with Crippen LogP contribution in [0.1, 0.15) is 38.2 Å². The van der Waals surface area contributed by atoms with E-state index in [9.17, 15) is 9.90 Å². The van der Waals surface area contributed by atoms with Gasteiger partial charge in [-0.25, -0.2) is 0 Å². The summed E-state index contributed by atoms with van der Waals surface area (Å²) in [6.07, 6.45) is 2.07. The summed E-state index contributed by atoms with van der Waals surface area (Å²) >= 11 is 0. The van der Waals surface area contributed by atoms with E-state index in [-0.39, 0.29) is 24.2 Å². The third kappa shape index (κ3) is 2.77. The number of carbonyl (C=O) groups excluding carboxylic acids is 1.